The van der Waals surface area contributed by atoms with Gasteiger partial charge < -0.3 is 14.9 Å². The Kier molecular flexibility index (Phi) is 6.44. The highest BCUT2D eigenvalue weighted by atomic mass is 16.4. The van der Waals surface area contributed by atoms with Crippen molar-refractivity contribution < 1.29 is 9.90 Å². The summed E-state index contributed by atoms with van der Waals surface area (Å²) in [6, 6.07) is 7.55. The first-order valence-electron chi connectivity index (χ1n) is 6.75. The third-order valence-corrected chi connectivity index (χ3v) is 3.07. The first-order chi connectivity index (χ1) is 9.93. The van der Waals surface area contributed by atoms with Crippen LogP contribution in [0.15, 0.2) is 24.3 Å². The molecular weight excluding hydrogens is 266 g/mol. The van der Waals surface area contributed by atoms with Crippen LogP contribution in [0.3, 0.4) is 0 Å². The van der Waals surface area contributed by atoms with Gasteiger partial charge in [0.25, 0.3) is 0 Å². The number of anilines is 1. The largest absolute Gasteiger partial charge is 0.478 e. The molecule has 0 spiro atoms. The Balaban J connectivity index is 2.83. The first-order valence-corrected chi connectivity index (χ1v) is 6.75. The van der Waals surface area contributed by atoms with Crippen molar-refractivity contribution in [1.82, 2.24) is 4.90 Å². The average molecular weight is 287 g/mol. The van der Waals surface area contributed by atoms with E-state index in [1.54, 1.807) is 6.07 Å². The number of carboxylic acid groups (broad SMARTS) is 1. The number of carbonyl (C=O) groups is 1. The maximum absolute atomic E-state index is 10.5. The van der Waals surface area contributed by atoms with Crippen LogP contribution in [0.2, 0.25) is 0 Å². The van der Waals surface area contributed by atoms with Gasteiger partial charge in [0, 0.05) is 19.7 Å². The highest BCUT2D eigenvalue weighted by molar-refractivity contribution is 5.85. The number of nitrogens with zero attached hydrogens (tertiary/aromatic N) is 3. The zero-order chi connectivity index (χ0) is 15.8. The van der Waals surface area contributed by atoms with Crippen molar-refractivity contribution in [2.75, 3.05) is 39.1 Å². The molecule has 0 aromatic heterocycles. The van der Waals surface area contributed by atoms with Crippen LogP contribution >= 0.6 is 0 Å². The van der Waals surface area contributed by atoms with Gasteiger partial charge in [-0.25, -0.2) is 4.79 Å². The van der Waals surface area contributed by atoms with Crippen LogP contribution in [-0.4, -0.2) is 50.2 Å². The molecule has 0 aliphatic heterocycles. The Morgan fingerprint density at radius 3 is 2.62 bits per heavy atom. The Morgan fingerprint density at radius 1 is 1.33 bits per heavy atom. The molecule has 0 radical (unpaired) electrons. The van der Waals surface area contributed by atoms with Crippen molar-refractivity contribution in [3.05, 3.63) is 35.4 Å². The van der Waals surface area contributed by atoms with Gasteiger partial charge in [0.15, 0.2) is 0 Å². The summed E-state index contributed by atoms with van der Waals surface area (Å²) in [6.45, 7) is 1.85. The average Bonchev–Trinajstić information content (AvgIpc) is 2.44. The Hall–Kier alpha value is -2.32. The van der Waals surface area contributed by atoms with Crippen LogP contribution in [0.4, 0.5) is 5.69 Å². The quantitative estimate of drug-likeness (QED) is 0.777. The predicted molar refractivity (Wildman–Crippen MR) is 84.3 cm³/mol. The fraction of sp³-hybridized carbons (Fsp3) is 0.375. The molecule has 1 rings (SSSR count). The topological polar surface area (TPSA) is 67.6 Å². The van der Waals surface area contributed by atoms with Gasteiger partial charge in [-0.2, -0.15) is 5.26 Å². The van der Waals surface area contributed by atoms with E-state index < -0.39 is 5.97 Å². The summed E-state index contributed by atoms with van der Waals surface area (Å²) < 4.78 is 0. The fourth-order valence-corrected chi connectivity index (χ4v) is 1.99. The van der Waals surface area contributed by atoms with Crippen molar-refractivity contribution in [2.45, 2.75) is 6.42 Å². The molecule has 0 amide bonds. The van der Waals surface area contributed by atoms with Crippen LogP contribution < -0.4 is 4.90 Å². The molecule has 1 N–H and O–H groups in total. The Bertz CT molecular complexity index is 559. The molecule has 21 heavy (non-hydrogen) atoms. The normalized spacial score (nSPS) is 10.8. The van der Waals surface area contributed by atoms with Gasteiger partial charge in [0.2, 0.25) is 0 Å². The van der Waals surface area contributed by atoms with E-state index in [0.717, 1.165) is 31.3 Å². The van der Waals surface area contributed by atoms with E-state index in [4.69, 9.17) is 5.11 Å². The molecule has 5 heteroatoms. The zero-order valence-electron chi connectivity index (χ0n) is 12.7. The number of hydrogen-bond donors (Lipinski definition) is 1. The van der Waals surface area contributed by atoms with Gasteiger partial charge in [-0.05, 0) is 50.8 Å². The zero-order valence-corrected chi connectivity index (χ0v) is 12.7. The predicted octanol–water partition coefficient (Wildman–Crippen LogP) is 2.04. The van der Waals surface area contributed by atoms with Crippen LogP contribution in [0.1, 0.15) is 17.5 Å². The SMILES string of the molecule is CN(C)CCCN(C)c1ccc(/C=C/C(=O)O)cc1C#N. The van der Waals surface area contributed by atoms with Gasteiger partial charge in [-0.3, -0.25) is 0 Å². The fourth-order valence-electron chi connectivity index (χ4n) is 1.99. The maximum Gasteiger partial charge on any atom is 0.328 e. The number of rotatable bonds is 7. The van der Waals surface area contributed by atoms with E-state index >= 15 is 0 Å². The summed E-state index contributed by atoms with van der Waals surface area (Å²) in [4.78, 5) is 14.7. The van der Waals surface area contributed by atoms with Gasteiger partial charge in [0.1, 0.15) is 6.07 Å². The third-order valence-electron chi connectivity index (χ3n) is 3.07. The monoisotopic (exact) mass is 287 g/mol. The molecule has 0 heterocycles. The molecule has 0 fully saturated rings. The molecule has 1 aromatic rings. The second kappa shape index (κ2) is 8.08. The maximum atomic E-state index is 10.5. The van der Waals surface area contributed by atoms with Gasteiger partial charge in [-0.15, -0.1) is 0 Å². The summed E-state index contributed by atoms with van der Waals surface area (Å²) in [6.07, 6.45) is 3.56. The molecule has 112 valence electrons. The van der Waals surface area contributed by atoms with Crippen LogP contribution in [0, 0.1) is 11.3 Å². The van der Waals surface area contributed by atoms with Crippen LogP contribution in [0.25, 0.3) is 6.08 Å². The van der Waals surface area contributed by atoms with Crippen molar-refractivity contribution in [3.8, 4) is 6.07 Å². The van der Waals surface area contributed by atoms with E-state index in [-0.39, 0.29) is 0 Å². The summed E-state index contributed by atoms with van der Waals surface area (Å²) in [5, 5.41) is 17.9. The minimum absolute atomic E-state index is 0.551. The summed E-state index contributed by atoms with van der Waals surface area (Å²) in [7, 11) is 6.02. The molecule has 0 aliphatic rings. The second-order valence-corrected chi connectivity index (χ2v) is 5.14. The summed E-state index contributed by atoms with van der Waals surface area (Å²) in [5.74, 6) is -1.00. The van der Waals surface area contributed by atoms with E-state index in [2.05, 4.69) is 11.0 Å². The minimum Gasteiger partial charge on any atom is -0.478 e. The molecule has 0 saturated carbocycles. The van der Waals surface area contributed by atoms with Gasteiger partial charge in [-0.1, -0.05) is 6.07 Å². The summed E-state index contributed by atoms with van der Waals surface area (Å²) >= 11 is 0. The molecule has 1 aromatic carbocycles. The summed E-state index contributed by atoms with van der Waals surface area (Å²) in [5.41, 5.74) is 2.12. The van der Waals surface area contributed by atoms with Gasteiger partial charge in [0.05, 0.1) is 11.3 Å². The van der Waals surface area contributed by atoms with Crippen molar-refractivity contribution in [2.24, 2.45) is 0 Å². The first kappa shape index (κ1) is 16.7. The third kappa shape index (κ3) is 5.67. The van der Waals surface area contributed by atoms with E-state index in [1.165, 1.54) is 6.08 Å². The number of nitriles is 1. The molecule has 0 saturated heterocycles. The van der Waals surface area contributed by atoms with Crippen molar-refractivity contribution in [1.29, 1.82) is 5.26 Å². The molecule has 5 nitrogen and oxygen atoms in total. The van der Waals surface area contributed by atoms with Crippen LogP contribution in [0.5, 0.6) is 0 Å². The molecular formula is C16H21N3O2. The lowest BCUT2D eigenvalue weighted by Crippen LogP contribution is -2.23. The van der Waals surface area contributed by atoms with Crippen molar-refractivity contribution in [3.63, 3.8) is 0 Å². The Morgan fingerprint density at radius 2 is 2.05 bits per heavy atom. The van der Waals surface area contributed by atoms with E-state index in [0.29, 0.717) is 11.1 Å². The lowest BCUT2D eigenvalue weighted by atomic mass is 10.1. The van der Waals surface area contributed by atoms with Gasteiger partial charge >= 0.3 is 5.97 Å². The molecule has 0 bridgehead atoms. The molecule has 0 aliphatic carbocycles. The van der Waals surface area contributed by atoms with Crippen LogP contribution in [-0.2, 0) is 4.79 Å². The highest BCUT2D eigenvalue weighted by Crippen LogP contribution is 2.21. The van der Waals surface area contributed by atoms with E-state index in [9.17, 15) is 10.1 Å². The minimum atomic E-state index is -1.00. The number of benzene rings is 1. The number of aliphatic carboxylic acids is 1. The molecule has 0 atom stereocenters. The Labute approximate surface area is 125 Å². The lowest BCUT2D eigenvalue weighted by Gasteiger charge is -2.21. The standard InChI is InChI=1S/C16H21N3O2/c1-18(2)9-4-10-19(3)15-7-5-13(6-8-16(20)21)11-14(15)12-17/h5-8,11H,4,9-10H2,1-3H3,(H,20,21)/b8-6+. The lowest BCUT2D eigenvalue weighted by molar-refractivity contribution is -0.131. The smallest absolute Gasteiger partial charge is 0.328 e. The second-order valence-electron chi connectivity index (χ2n) is 5.14. The van der Waals surface area contributed by atoms with Crippen molar-refractivity contribution >= 4 is 17.7 Å². The van der Waals surface area contributed by atoms with E-state index in [1.807, 2.05) is 38.2 Å². The molecule has 0 unspecified atom stereocenters. The number of hydrogen-bond acceptors (Lipinski definition) is 4. The highest BCUT2D eigenvalue weighted by Gasteiger charge is 2.08. The number of carboxylic acids is 1.